The third kappa shape index (κ3) is 3.94. The largest absolute Gasteiger partial charge is 0.377 e. The van der Waals surface area contributed by atoms with Crippen molar-refractivity contribution in [3.63, 3.8) is 0 Å². The predicted molar refractivity (Wildman–Crippen MR) is 83.6 cm³/mol. The summed E-state index contributed by atoms with van der Waals surface area (Å²) in [7, 11) is 1.71. The van der Waals surface area contributed by atoms with E-state index in [9.17, 15) is 4.79 Å². The van der Waals surface area contributed by atoms with Gasteiger partial charge in [0, 0.05) is 26.7 Å². The summed E-state index contributed by atoms with van der Waals surface area (Å²) in [5.74, 6) is 0.743. The SMILES string of the molecule is CCCNc1cccc(C(=O)N2CCCC(C)(OC)C2)n1. The van der Waals surface area contributed by atoms with E-state index < -0.39 is 0 Å². The van der Waals surface area contributed by atoms with Gasteiger partial charge >= 0.3 is 0 Å². The molecule has 1 atom stereocenters. The Balaban J connectivity index is 2.08. The summed E-state index contributed by atoms with van der Waals surface area (Å²) in [6, 6.07) is 5.54. The van der Waals surface area contributed by atoms with Crippen LogP contribution >= 0.6 is 0 Å². The van der Waals surface area contributed by atoms with Gasteiger partial charge in [0.15, 0.2) is 0 Å². The minimum absolute atomic E-state index is 0.0156. The summed E-state index contributed by atoms with van der Waals surface area (Å²) in [5.41, 5.74) is 0.253. The summed E-state index contributed by atoms with van der Waals surface area (Å²) in [6.45, 7) is 6.40. The number of aromatic nitrogens is 1. The van der Waals surface area contributed by atoms with Crippen LogP contribution in [0.15, 0.2) is 18.2 Å². The molecule has 1 aromatic heterocycles. The zero-order chi connectivity index (χ0) is 15.3. The van der Waals surface area contributed by atoms with E-state index in [-0.39, 0.29) is 11.5 Å². The lowest BCUT2D eigenvalue weighted by atomic mass is 9.94. The third-order valence-corrected chi connectivity index (χ3v) is 3.96. The molecule has 1 saturated heterocycles. The molecule has 1 aliphatic rings. The van der Waals surface area contributed by atoms with Gasteiger partial charge in [0.05, 0.1) is 5.60 Å². The number of piperidine rings is 1. The third-order valence-electron chi connectivity index (χ3n) is 3.96. The Morgan fingerprint density at radius 2 is 2.33 bits per heavy atom. The molecule has 0 radical (unpaired) electrons. The summed E-state index contributed by atoms with van der Waals surface area (Å²) >= 11 is 0. The van der Waals surface area contributed by atoms with Crippen LogP contribution in [0.4, 0.5) is 5.82 Å². The molecule has 1 aliphatic heterocycles. The second kappa shape index (κ2) is 6.89. The molecule has 0 aromatic carbocycles. The van der Waals surface area contributed by atoms with Crippen LogP contribution in [-0.2, 0) is 4.74 Å². The molecule has 1 amide bonds. The molecule has 116 valence electrons. The van der Waals surface area contributed by atoms with Gasteiger partial charge in [-0.3, -0.25) is 4.79 Å². The first-order valence-electron chi connectivity index (χ1n) is 7.63. The summed E-state index contributed by atoms with van der Waals surface area (Å²) in [6.07, 6.45) is 2.97. The Morgan fingerprint density at radius 3 is 3.05 bits per heavy atom. The average Bonchev–Trinajstić information content (AvgIpc) is 2.52. The van der Waals surface area contributed by atoms with Crippen molar-refractivity contribution in [3.05, 3.63) is 23.9 Å². The highest BCUT2D eigenvalue weighted by Crippen LogP contribution is 2.24. The zero-order valence-corrected chi connectivity index (χ0v) is 13.2. The van der Waals surface area contributed by atoms with E-state index in [1.807, 2.05) is 17.0 Å². The molecule has 2 heterocycles. The molecule has 2 rings (SSSR count). The maximum absolute atomic E-state index is 12.6. The molecule has 0 spiro atoms. The first-order valence-corrected chi connectivity index (χ1v) is 7.63. The number of carbonyl (C=O) groups excluding carboxylic acids is 1. The Hall–Kier alpha value is -1.62. The number of hydrogen-bond donors (Lipinski definition) is 1. The first kappa shape index (κ1) is 15.8. The van der Waals surface area contributed by atoms with E-state index in [1.54, 1.807) is 13.2 Å². The number of nitrogens with one attached hydrogen (secondary N) is 1. The van der Waals surface area contributed by atoms with Crippen molar-refractivity contribution in [3.8, 4) is 0 Å². The van der Waals surface area contributed by atoms with Crippen molar-refractivity contribution in [1.29, 1.82) is 0 Å². The van der Waals surface area contributed by atoms with Gasteiger partial charge in [-0.15, -0.1) is 0 Å². The van der Waals surface area contributed by atoms with Crippen molar-refractivity contribution >= 4 is 11.7 Å². The maximum atomic E-state index is 12.6. The Labute approximate surface area is 126 Å². The average molecular weight is 291 g/mol. The molecule has 0 bridgehead atoms. The quantitative estimate of drug-likeness (QED) is 0.906. The lowest BCUT2D eigenvalue weighted by Crippen LogP contribution is -2.49. The van der Waals surface area contributed by atoms with Gasteiger partial charge in [0.2, 0.25) is 0 Å². The molecular weight excluding hydrogens is 266 g/mol. The number of methoxy groups -OCH3 is 1. The standard InChI is InChI=1S/C16H25N3O2/c1-4-10-17-14-8-5-7-13(18-14)15(20)19-11-6-9-16(2,12-19)21-3/h5,7-8H,4,6,9-12H2,1-3H3,(H,17,18). The van der Waals surface area contributed by atoms with Crippen LogP contribution in [0, 0.1) is 0 Å². The fourth-order valence-corrected chi connectivity index (χ4v) is 2.61. The fraction of sp³-hybridized carbons (Fsp3) is 0.625. The molecule has 1 fully saturated rings. The van der Waals surface area contributed by atoms with Crippen molar-refractivity contribution in [2.45, 2.75) is 38.7 Å². The van der Waals surface area contributed by atoms with Crippen molar-refractivity contribution in [2.24, 2.45) is 0 Å². The van der Waals surface area contributed by atoms with Crippen LogP contribution in [0.1, 0.15) is 43.6 Å². The van der Waals surface area contributed by atoms with Gasteiger partial charge in [-0.25, -0.2) is 4.98 Å². The number of likely N-dealkylation sites (tertiary alicyclic amines) is 1. The Kier molecular flexibility index (Phi) is 5.17. The van der Waals surface area contributed by atoms with Gasteiger partial charge in [-0.05, 0) is 38.3 Å². The van der Waals surface area contributed by atoms with Crippen molar-refractivity contribution in [2.75, 3.05) is 32.1 Å². The molecule has 1 unspecified atom stereocenters. The zero-order valence-electron chi connectivity index (χ0n) is 13.2. The molecule has 5 nitrogen and oxygen atoms in total. The van der Waals surface area contributed by atoms with Crippen LogP contribution in [0.2, 0.25) is 0 Å². The fourth-order valence-electron chi connectivity index (χ4n) is 2.61. The number of anilines is 1. The van der Waals surface area contributed by atoms with E-state index in [1.165, 1.54) is 0 Å². The number of amides is 1. The molecule has 1 N–H and O–H groups in total. The minimum Gasteiger partial charge on any atom is -0.377 e. The van der Waals surface area contributed by atoms with E-state index in [2.05, 4.69) is 24.1 Å². The van der Waals surface area contributed by atoms with Crippen LogP contribution in [0.25, 0.3) is 0 Å². The van der Waals surface area contributed by atoms with E-state index in [0.29, 0.717) is 12.2 Å². The highest BCUT2D eigenvalue weighted by atomic mass is 16.5. The number of ether oxygens (including phenoxy) is 1. The van der Waals surface area contributed by atoms with Crippen molar-refractivity contribution in [1.82, 2.24) is 9.88 Å². The van der Waals surface area contributed by atoms with Crippen molar-refractivity contribution < 1.29 is 9.53 Å². The molecule has 5 heteroatoms. The summed E-state index contributed by atoms with van der Waals surface area (Å²) < 4.78 is 5.55. The molecule has 0 aliphatic carbocycles. The minimum atomic E-state index is -0.244. The van der Waals surface area contributed by atoms with Gasteiger partial charge < -0.3 is 15.0 Å². The predicted octanol–water partition coefficient (Wildman–Crippen LogP) is 2.54. The monoisotopic (exact) mass is 291 g/mol. The normalized spacial score (nSPS) is 22.1. The Morgan fingerprint density at radius 1 is 1.52 bits per heavy atom. The molecule has 0 saturated carbocycles. The van der Waals surface area contributed by atoms with Gasteiger partial charge in [-0.1, -0.05) is 13.0 Å². The maximum Gasteiger partial charge on any atom is 0.272 e. The number of carbonyl (C=O) groups is 1. The molecular formula is C16H25N3O2. The number of nitrogens with zero attached hydrogens (tertiary/aromatic N) is 2. The van der Waals surface area contributed by atoms with Crippen LogP contribution in [0.3, 0.4) is 0 Å². The van der Waals surface area contributed by atoms with Crippen LogP contribution in [0.5, 0.6) is 0 Å². The first-order chi connectivity index (χ1) is 10.1. The van der Waals surface area contributed by atoms with Gasteiger partial charge in [0.25, 0.3) is 5.91 Å². The highest BCUT2D eigenvalue weighted by molar-refractivity contribution is 5.92. The van der Waals surface area contributed by atoms with Gasteiger partial charge in [-0.2, -0.15) is 0 Å². The number of rotatable bonds is 5. The van der Waals surface area contributed by atoms with Gasteiger partial charge in [0.1, 0.15) is 11.5 Å². The topological polar surface area (TPSA) is 54.5 Å². The lowest BCUT2D eigenvalue weighted by molar-refractivity contribution is -0.0441. The summed E-state index contributed by atoms with van der Waals surface area (Å²) in [5, 5.41) is 3.21. The number of hydrogen-bond acceptors (Lipinski definition) is 4. The second-order valence-corrected chi connectivity index (χ2v) is 5.82. The highest BCUT2D eigenvalue weighted by Gasteiger charge is 2.33. The molecule has 1 aromatic rings. The second-order valence-electron chi connectivity index (χ2n) is 5.82. The van der Waals surface area contributed by atoms with Crippen LogP contribution < -0.4 is 5.32 Å². The van der Waals surface area contributed by atoms with E-state index in [0.717, 1.165) is 38.2 Å². The summed E-state index contributed by atoms with van der Waals surface area (Å²) in [4.78, 5) is 18.9. The van der Waals surface area contributed by atoms with E-state index >= 15 is 0 Å². The smallest absolute Gasteiger partial charge is 0.272 e. The Bertz CT molecular complexity index is 492. The molecule has 21 heavy (non-hydrogen) atoms. The lowest BCUT2D eigenvalue weighted by Gasteiger charge is -2.39. The van der Waals surface area contributed by atoms with E-state index in [4.69, 9.17) is 4.74 Å². The van der Waals surface area contributed by atoms with Crippen LogP contribution in [-0.4, -0.2) is 48.1 Å². The number of pyridine rings is 1.